The van der Waals surface area contributed by atoms with Crippen LogP contribution in [0.5, 0.6) is 0 Å². The molecule has 5 rings (SSSR count). The molecule has 8 atom stereocenters. The van der Waals surface area contributed by atoms with Crippen LogP contribution in [0.15, 0.2) is 10.1 Å². The highest BCUT2D eigenvalue weighted by atomic mass is 35.5. The summed E-state index contributed by atoms with van der Waals surface area (Å²) in [5.74, 6) is -1.97. The van der Waals surface area contributed by atoms with Gasteiger partial charge >= 0.3 is 0 Å². The molecular weight excluding hydrogens is 436 g/mol. The second-order valence-corrected chi connectivity index (χ2v) is 10.8. The minimum absolute atomic E-state index is 0.245. The van der Waals surface area contributed by atoms with Gasteiger partial charge in [-0.1, -0.05) is 37.0 Å². The number of nitrogens with zero attached hydrogens (tertiary/aromatic N) is 1. The second kappa shape index (κ2) is 5.77. The van der Waals surface area contributed by atoms with Gasteiger partial charge in [-0.25, -0.2) is 0 Å². The van der Waals surface area contributed by atoms with Crippen LogP contribution in [0.25, 0.3) is 0 Å². The third-order valence-corrected chi connectivity index (χ3v) is 9.38. The number of ether oxygens (including phenoxy) is 1. The second-order valence-electron chi connectivity index (χ2n) is 8.68. The zero-order valence-corrected chi connectivity index (χ0v) is 17.8. The number of alkyl halides is 2. The van der Waals surface area contributed by atoms with E-state index in [2.05, 4.69) is 13.8 Å². The van der Waals surface area contributed by atoms with E-state index in [1.54, 1.807) is 0 Å². The maximum absolute atomic E-state index is 12.9. The first-order valence-corrected chi connectivity index (χ1v) is 10.7. The van der Waals surface area contributed by atoms with E-state index in [4.69, 9.17) is 56.0 Å². The Bertz CT molecular complexity index is 733. The highest BCUT2D eigenvalue weighted by Crippen LogP contribution is 2.75. The summed E-state index contributed by atoms with van der Waals surface area (Å²) in [6.45, 7) is 4.42. The van der Waals surface area contributed by atoms with Gasteiger partial charge < -0.3 is 4.74 Å². The van der Waals surface area contributed by atoms with E-state index in [9.17, 15) is 9.59 Å². The van der Waals surface area contributed by atoms with Gasteiger partial charge in [-0.15, -0.1) is 23.2 Å². The Morgan fingerprint density at radius 3 is 2.00 bits per heavy atom. The molecule has 0 aromatic heterocycles. The standard InChI is InChI=1S/C18H19Cl4NO4/c1-6(2)3-4-26-23-15(24)7-8(16(23)25)12-10-9(11(7)27-12)17(21)5-18(10,22)14(20)13(17)19/h6-12H,3-5H2,1-2H3/t7-,8+,9-,10-,11+,12-,17-,18-/m0/s1. The van der Waals surface area contributed by atoms with Crippen molar-refractivity contribution in [2.75, 3.05) is 6.61 Å². The Kier molecular flexibility index (Phi) is 4.05. The van der Waals surface area contributed by atoms with E-state index < -0.39 is 33.8 Å². The quantitative estimate of drug-likeness (QED) is 0.480. The molecule has 3 saturated heterocycles. The van der Waals surface area contributed by atoms with Crippen molar-refractivity contribution in [1.29, 1.82) is 0 Å². The van der Waals surface area contributed by atoms with Gasteiger partial charge in [0.05, 0.1) is 50.5 Å². The molecule has 4 bridgehead atoms. The predicted molar refractivity (Wildman–Crippen MR) is 100 cm³/mol. The van der Waals surface area contributed by atoms with Crippen molar-refractivity contribution in [2.24, 2.45) is 29.6 Å². The van der Waals surface area contributed by atoms with Gasteiger partial charge in [0.2, 0.25) is 0 Å². The van der Waals surface area contributed by atoms with Gasteiger partial charge in [0.25, 0.3) is 11.8 Å². The van der Waals surface area contributed by atoms with Crippen LogP contribution in [0, 0.1) is 29.6 Å². The van der Waals surface area contributed by atoms with Crippen molar-refractivity contribution in [2.45, 2.75) is 48.6 Å². The highest BCUT2D eigenvalue weighted by molar-refractivity contribution is 6.51. The van der Waals surface area contributed by atoms with Gasteiger partial charge in [-0.05, 0) is 18.8 Å². The molecule has 9 heteroatoms. The van der Waals surface area contributed by atoms with Gasteiger partial charge in [0, 0.05) is 11.8 Å². The lowest BCUT2D eigenvalue weighted by Crippen LogP contribution is -2.50. The first-order chi connectivity index (χ1) is 12.6. The highest BCUT2D eigenvalue weighted by Gasteiger charge is 2.82. The Balaban J connectivity index is 1.46. The van der Waals surface area contributed by atoms with Crippen LogP contribution in [0.3, 0.4) is 0 Å². The number of fused-ring (bicyclic) bond motifs is 12. The summed E-state index contributed by atoms with van der Waals surface area (Å²) in [5, 5.41) is 1.62. The van der Waals surface area contributed by atoms with Gasteiger partial charge in [0.1, 0.15) is 0 Å². The lowest BCUT2D eigenvalue weighted by Gasteiger charge is -2.40. The number of carbonyl (C=O) groups is 2. The molecule has 148 valence electrons. The van der Waals surface area contributed by atoms with Crippen LogP contribution in [0.4, 0.5) is 0 Å². The number of rotatable bonds is 4. The largest absolute Gasteiger partial charge is 0.373 e. The monoisotopic (exact) mass is 453 g/mol. The van der Waals surface area contributed by atoms with Crippen molar-refractivity contribution in [3.63, 3.8) is 0 Å². The number of hydroxylamine groups is 2. The molecule has 3 aliphatic heterocycles. The molecule has 0 unspecified atom stereocenters. The first-order valence-electron chi connectivity index (χ1n) is 9.23. The summed E-state index contributed by atoms with van der Waals surface area (Å²) in [6, 6.07) is 0. The number of halogens is 4. The van der Waals surface area contributed by atoms with Crippen LogP contribution in [0.1, 0.15) is 26.7 Å². The molecule has 2 aliphatic carbocycles. The van der Waals surface area contributed by atoms with E-state index in [-0.39, 0.29) is 23.7 Å². The molecule has 0 spiro atoms. The topological polar surface area (TPSA) is 55.8 Å². The van der Waals surface area contributed by atoms with Crippen LogP contribution in [0.2, 0.25) is 0 Å². The minimum atomic E-state index is -0.940. The van der Waals surface area contributed by atoms with Gasteiger partial charge in [-0.2, -0.15) is 5.06 Å². The van der Waals surface area contributed by atoms with Gasteiger partial charge in [0.15, 0.2) is 0 Å². The molecular formula is C18H19Cl4NO4. The average molecular weight is 455 g/mol. The van der Waals surface area contributed by atoms with E-state index in [0.29, 0.717) is 29.0 Å². The molecule has 5 nitrogen and oxygen atoms in total. The molecule has 3 heterocycles. The fourth-order valence-corrected chi connectivity index (χ4v) is 7.79. The van der Waals surface area contributed by atoms with Gasteiger partial charge in [-0.3, -0.25) is 14.4 Å². The summed E-state index contributed by atoms with van der Waals surface area (Å²) in [6.07, 6.45) is 0.141. The number of imide groups is 1. The molecule has 0 radical (unpaired) electrons. The Morgan fingerprint density at radius 1 is 1.07 bits per heavy atom. The zero-order chi connectivity index (χ0) is 19.5. The first kappa shape index (κ1) is 19.0. The number of hydrogen-bond donors (Lipinski definition) is 0. The van der Waals surface area contributed by atoms with Crippen molar-refractivity contribution >= 4 is 58.2 Å². The van der Waals surface area contributed by atoms with Crippen LogP contribution in [-0.4, -0.2) is 45.4 Å². The molecule has 0 N–H and O–H groups in total. The SMILES string of the molecule is CC(C)CCON1C(=O)[C@@H]2[C@H]3O[C@@H]([C@@H]2C1=O)[C@@H]1[C@@H]3[C@@]2(Cl)C[C@@]1(Cl)C(Cl)=C2Cl. The van der Waals surface area contributed by atoms with Crippen LogP contribution < -0.4 is 0 Å². The number of amides is 2. The molecule has 0 aromatic rings. The maximum atomic E-state index is 12.9. The van der Waals surface area contributed by atoms with E-state index in [1.807, 2.05) is 0 Å². The zero-order valence-electron chi connectivity index (χ0n) is 14.8. The van der Waals surface area contributed by atoms with Crippen LogP contribution in [-0.2, 0) is 19.2 Å². The summed E-state index contributed by atoms with van der Waals surface area (Å²) in [7, 11) is 0. The Morgan fingerprint density at radius 2 is 1.56 bits per heavy atom. The van der Waals surface area contributed by atoms with Crippen molar-refractivity contribution in [3.05, 3.63) is 10.1 Å². The van der Waals surface area contributed by atoms with E-state index in [1.165, 1.54) is 0 Å². The summed E-state index contributed by atoms with van der Waals surface area (Å²) in [5.41, 5.74) is 0. The molecule has 0 aromatic carbocycles. The minimum Gasteiger partial charge on any atom is -0.373 e. The maximum Gasteiger partial charge on any atom is 0.260 e. The van der Waals surface area contributed by atoms with Crippen molar-refractivity contribution < 1.29 is 19.2 Å². The fraction of sp³-hybridized carbons (Fsp3) is 0.778. The molecule has 1 saturated carbocycles. The van der Waals surface area contributed by atoms with E-state index >= 15 is 0 Å². The number of allylic oxidation sites excluding steroid dienone is 2. The molecule has 27 heavy (non-hydrogen) atoms. The number of carbonyl (C=O) groups excluding carboxylic acids is 2. The summed E-state index contributed by atoms with van der Waals surface area (Å²) >= 11 is 26.6. The Labute approximate surface area is 177 Å². The smallest absolute Gasteiger partial charge is 0.260 e. The summed E-state index contributed by atoms with van der Waals surface area (Å²) in [4.78, 5) is 29.5. The fourth-order valence-electron chi connectivity index (χ4n) is 5.77. The van der Waals surface area contributed by atoms with Crippen molar-refractivity contribution in [3.8, 4) is 0 Å². The molecule has 4 fully saturated rings. The lowest BCUT2D eigenvalue weighted by atomic mass is 9.65. The van der Waals surface area contributed by atoms with E-state index in [0.717, 1.165) is 11.5 Å². The molecule has 2 amide bonds. The third-order valence-electron chi connectivity index (χ3n) is 6.88. The predicted octanol–water partition coefficient (Wildman–Crippen LogP) is 3.64. The molecule has 5 aliphatic rings. The van der Waals surface area contributed by atoms with Crippen molar-refractivity contribution in [1.82, 2.24) is 5.06 Å². The van der Waals surface area contributed by atoms with Crippen LogP contribution >= 0.6 is 46.4 Å². The lowest BCUT2D eigenvalue weighted by molar-refractivity contribution is -0.193. The Hall–Kier alpha value is -0.0400. The average Bonchev–Trinajstić information content (AvgIpc) is 3.32. The normalized spacial score (nSPS) is 49.8. The summed E-state index contributed by atoms with van der Waals surface area (Å²) < 4.78 is 6.11. The third kappa shape index (κ3) is 2.11. The number of hydrogen-bond acceptors (Lipinski definition) is 4.